The summed E-state index contributed by atoms with van der Waals surface area (Å²) in [4.78, 5) is 33.8. The molecule has 0 radical (unpaired) electrons. The number of aryl methyl sites for hydroxylation is 2. The van der Waals surface area contributed by atoms with E-state index in [1.54, 1.807) is 7.11 Å². The highest BCUT2D eigenvalue weighted by molar-refractivity contribution is 5.94. The lowest BCUT2D eigenvalue weighted by molar-refractivity contribution is 0.0589. The normalized spacial score (nSPS) is 14.5. The zero-order chi connectivity index (χ0) is 23.8. The van der Waals surface area contributed by atoms with Crippen LogP contribution in [0.1, 0.15) is 41.5 Å². The molecule has 1 aromatic carbocycles. The Morgan fingerprint density at radius 3 is 2.33 bits per heavy atom. The number of rotatable bonds is 8. The SMILES string of the molecule is CCN(C(=O)c1ccc(OC)cc1)C1CCN(CCNC(=O)Nc2cc(C)nc(C)c2)CC1. The van der Waals surface area contributed by atoms with E-state index in [0.717, 1.165) is 55.3 Å². The molecule has 2 aromatic rings. The van der Waals surface area contributed by atoms with Crippen LogP contribution in [-0.2, 0) is 0 Å². The first-order valence-corrected chi connectivity index (χ1v) is 11.6. The van der Waals surface area contributed by atoms with E-state index in [0.29, 0.717) is 18.7 Å². The van der Waals surface area contributed by atoms with Gasteiger partial charge in [-0.2, -0.15) is 0 Å². The molecular weight excluding hydrogens is 418 g/mol. The smallest absolute Gasteiger partial charge is 0.319 e. The molecule has 1 fully saturated rings. The van der Waals surface area contributed by atoms with E-state index in [4.69, 9.17) is 4.74 Å². The fourth-order valence-electron chi connectivity index (χ4n) is 4.33. The van der Waals surface area contributed by atoms with Gasteiger partial charge in [0, 0.05) is 61.4 Å². The summed E-state index contributed by atoms with van der Waals surface area (Å²) < 4.78 is 5.19. The average Bonchev–Trinajstić information content (AvgIpc) is 2.80. The summed E-state index contributed by atoms with van der Waals surface area (Å²) in [6, 6.07) is 11.0. The van der Waals surface area contributed by atoms with Crippen LogP contribution in [0.2, 0.25) is 0 Å². The van der Waals surface area contributed by atoms with Gasteiger partial charge in [0.1, 0.15) is 5.75 Å². The van der Waals surface area contributed by atoms with Crippen LogP contribution in [0.15, 0.2) is 36.4 Å². The largest absolute Gasteiger partial charge is 0.497 e. The Hall–Kier alpha value is -3.13. The highest BCUT2D eigenvalue weighted by atomic mass is 16.5. The summed E-state index contributed by atoms with van der Waals surface area (Å²) in [6.07, 6.45) is 1.86. The van der Waals surface area contributed by atoms with Gasteiger partial charge in [-0.15, -0.1) is 0 Å². The molecule has 178 valence electrons. The van der Waals surface area contributed by atoms with Crippen molar-refractivity contribution < 1.29 is 14.3 Å². The number of nitrogens with one attached hydrogen (secondary N) is 2. The minimum absolute atomic E-state index is 0.0681. The molecule has 1 aliphatic heterocycles. The maximum absolute atomic E-state index is 13.0. The Labute approximate surface area is 196 Å². The van der Waals surface area contributed by atoms with Crippen molar-refractivity contribution in [2.24, 2.45) is 0 Å². The number of hydrogen-bond acceptors (Lipinski definition) is 5. The molecule has 33 heavy (non-hydrogen) atoms. The number of methoxy groups -OCH3 is 1. The third kappa shape index (κ3) is 6.92. The van der Waals surface area contributed by atoms with Gasteiger partial charge in [0.15, 0.2) is 0 Å². The van der Waals surface area contributed by atoms with Gasteiger partial charge in [0.25, 0.3) is 5.91 Å². The van der Waals surface area contributed by atoms with Crippen molar-refractivity contribution in [1.29, 1.82) is 0 Å². The highest BCUT2D eigenvalue weighted by Gasteiger charge is 2.27. The maximum Gasteiger partial charge on any atom is 0.319 e. The number of urea groups is 1. The van der Waals surface area contributed by atoms with Crippen molar-refractivity contribution in [2.75, 3.05) is 45.2 Å². The summed E-state index contributed by atoms with van der Waals surface area (Å²) in [5, 5.41) is 5.79. The van der Waals surface area contributed by atoms with Gasteiger partial charge in [-0.1, -0.05) is 0 Å². The number of piperidine rings is 1. The topological polar surface area (TPSA) is 86.8 Å². The summed E-state index contributed by atoms with van der Waals surface area (Å²) in [7, 11) is 1.62. The number of anilines is 1. The minimum atomic E-state index is -0.211. The Bertz CT molecular complexity index is 919. The van der Waals surface area contributed by atoms with E-state index >= 15 is 0 Å². The summed E-state index contributed by atoms with van der Waals surface area (Å²) in [5.74, 6) is 0.815. The molecule has 0 unspecified atom stereocenters. The van der Waals surface area contributed by atoms with Crippen molar-refractivity contribution in [2.45, 2.75) is 39.7 Å². The van der Waals surface area contributed by atoms with Crippen molar-refractivity contribution >= 4 is 17.6 Å². The third-order valence-electron chi connectivity index (χ3n) is 5.99. The first-order chi connectivity index (χ1) is 15.9. The Morgan fingerprint density at radius 2 is 1.76 bits per heavy atom. The number of ether oxygens (including phenoxy) is 1. The number of likely N-dealkylation sites (tertiary alicyclic amines) is 1. The molecule has 2 N–H and O–H groups in total. The fourth-order valence-corrected chi connectivity index (χ4v) is 4.33. The zero-order valence-electron chi connectivity index (χ0n) is 20.1. The van der Waals surface area contributed by atoms with Crippen LogP contribution in [0.25, 0.3) is 0 Å². The predicted molar refractivity (Wildman–Crippen MR) is 130 cm³/mol. The van der Waals surface area contributed by atoms with E-state index in [9.17, 15) is 9.59 Å². The van der Waals surface area contributed by atoms with Gasteiger partial charge in [-0.3, -0.25) is 9.78 Å². The Balaban J connectivity index is 1.42. The minimum Gasteiger partial charge on any atom is -0.497 e. The standard InChI is InChI=1S/C25H35N5O3/c1-5-30(24(31)20-6-8-23(33-4)9-7-20)22-10-13-29(14-11-22)15-12-26-25(32)28-21-16-18(2)27-19(3)17-21/h6-9,16-17,22H,5,10-15H2,1-4H3,(H2,26,27,28,32). The molecule has 0 saturated carbocycles. The number of carbonyl (C=O) groups is 2. The second-order valence-electron chi connectivity index (χ2n) is 8.41. The molecule has 0 atom stereocenters. The quantitative estimate of drug-likeness (QED) is 0.639. The molecule has 3 rings (SSSR count). The predicted octanol–water partition coefficient (Wildman–Crippen LogP) is 3.46. The number of aromatic nitrogens is 1. The van der Waals surface area contributed by atoms with Gasteiger partial charge in [-0.05, 0) is 70.0 Å². The Kier molecular flexibility index (Phi) is 8.65. The van der Waals surface area contributed by atoms with E-state index < -0.39 is 0 Å². The van der Waals surface area contributed by atoms with E-state index in [1.165, 1.54) is 0 Å². The van der Waals surface area contributed by atoms with Crippen molar-refractivity contribution in [3.05, 3.63) is 53.3 Å². The van der Waals surface area contributed by atoms with E-state index in [1.807, 2.05) is 62.1 Å². The van der Waals surface area contributed by atoms with Crippen LogP contribution in [0.4, 0.5) is 10.5 Å². The molecular formula is C25H35N5O3. The van der Waals surface area contributed by atoms with Crippen LogP contribution < -0.4 is 15.4 Å². The number of pyridine rings is 1. The third-order valence-corrected chi connectivity index (χ3v) is 5.99. The number of hydrogen-bond donors (Lipinski definition) is 2. The van der Waals surface area contributed by atoms with Crippen LogP contribution >= 0.6 is 0 Å². The summed E-state index contributed by atoms with van der Waals surface area (Å²) in [6.45, 7) is 9.70. The maximum atomic E-state index is 13.0. The van der Waals surface area contributed by atoms with Gasteiger partial charge >= 0.3 is 6.03 Å². The Morgan fingerprint density at radius 1 is 1.12 bits per heavy atom. The van der Waals surface area contributed by atoms with Crippen molar-refractivity contribution in [3.63, 3.8) is 0 Å². The monoisotopic (exact) mass is 453 g/mol. The first-order valence-electron chi connectivity index (χ1n) is 11.6. The highest BCUT2D eigenvalue weighted by Crippen LogP contribution is 2.20. The molecule has 3 amide bonds. The van der Waals surface area contributed by atoms with Crippen LogP contribution in [-0.4, -0.2) is 72.6 Å². The fraction of sp³-hybridized carbons (Fsp3) is 0.480. The van der Waals surface area contributed by atoms with E-state index in [2.05, 4.69) is 20.5 Å². The van der Waals surface area contributed by atoms with Gasteiger partial charge < -0.3 is 25.2 Å². The zero-order valence-corrected chi connectivity index (χ0v) is 20.1. The molecule has 1 saturated heterocycles. The number of amides is 3. The van der Waals surface area contributed by atoms with Gasteiger partial charge in [-0.25, -0.2) is 4.79 Å². The lowest BCUT2D eigenvalue weighted by Crippen LogP contribution is -2.48. The van der Waals surface area contributed by atoms with Crippen LogP contribution in [0, 0.1) is 13.8 Å². The molecule has 1 aliphatic rings. The lowest BCUT2D eigenvalue weighted by Gasteiger charge is -2.38. The molecule has 0 aliphatic carbocycles. The molecule has 8 heteroatoms. The number of carbonyl (C=O) groups excluding carboxylic acids is 2. The molecule has 0 spiro atoms. The molecule has 1 aromatic heterocycles. The molecule has 2 heterocycles. The van der Waals surface area contributed by atoms with E-state index in [-0.39, 0.29) is 18.0 Å². The first kappa shape index (κ1) is 24.5. The summed E-state index contributed by atoms with van der Waals surface area (Å²) >= 11 is 0. The molecule has 0 bridgehead atoms. The summed E-state index contributed by atoms with van der Waals surface area (Å²) in [5.41, 5.74) is 3.19. The van der Waals surface area contributed by atoms with Crippen molar-refractivity contribution in [1.82, 2.24) is 20.1 Å². The number of nitrogens with zero attached hydrogens (tertiary/aromatic N) is 3. The lowest BCUT2D eigenvalue weighted by atomic mass is 10.0. The van der Waals surface area contributed by atoms with Crippen LogP contribution in [0.5, 0.6) is 5.75 Å². The second-order valence-corrected chi connectivity index (χ2v) is 8.41. The van der Waals surface area contributed by atoms with Gasteiger partial charge in [0.2, 0.25) is 0 Å². The number of benzene rings is 1. The second kappa shape index (κ2) is 11.7. The van der Waals surface area contributed by atoms with Gasteiger partial charge in [0.05, 0.1) is 7.11 Å². The average molecular weight is 454 g/mol. The van der Waals surface area contributed by atoms with Crippen LogP contribution in [0.3, 0.4) is 0 Å². The van der Waals surface area contributed by atoms with Crippen molar-refractivity contribution in [3.8, 4) is 5.75 Å². The molecule has 8 nitrogen and oxygen atoms in total.